The Morgan fingerprint density at radius 3 is 2.38 bits per heavy atom. The number of piperazine rings is 1. The second-order valence-electron chi connectivity index (χ2n) is 7.58. The molecule has 1 atom stereocenters. The maximum Gasteiger partial charge on any atom is 0.230 e. The standard InChI is InChI=1S/C16H28N4O/c1-6-11(20-9-7-17-8-10-20)13-18-14(21-19-13)12-15(2,3)16(12,4)5/h11-12,17H,6-10H2,1-5H3. The molecule has 1 saturated heterocycles. The minimum absolute atomic E-state index is 0.244. The lowest BCUT2D eigenvalue weighted by molar-refractivity contribution is 0.160. The van der Waals surface area contributed by atoms with E-state index in [2.05, 4.69) is 50.0 Å². The van der Waals surface area contributed by atoms with Crippen LogP contribution in [-0.2, 0) is 0 Å². The third-order valence-electron chi connectivity index (χ3n) is 6.00. The summed E-state index contributed by atoms with van der Waals surface area (Å²) in [4.78, 5) is 7.24. The summed E-state index contributed by atoms with van der Waals surface area (Å²) in [7, 11) is 0. The fourth-order valence-corrected chi connectivity index (χ4v) is 3.91. The third kappa shape index (κ3) is 2.30. The van der Waals surface area contributed by atoms with Crippen LogP contribution in [0.25, 0.3) is 0 Å². The molecule has 2 fully saturated rings. The van der Waals surface area contributed by atoms with Crippen molar-refractivity contribution in [2.24, 2.45) is 10.8 Å². The van der Waals surface area contributed by atoms with Gasteiger partial charge < -0.3 is 9.84 Å². The van der Waals surface area contributed by atoms with Crippen LogP contribution in [0.15, 0.2) is 4.52 Å². The highest BCUT2D eigenvalue weighted by molar-refractivity contribution is 5.25. The van der Waals surface area contributed by atoms with Crippen LogP contribution in [-0.4, -0.2) is 41.2 Å². The van der Waals surface area contributed by atoms with Gasteiger partial charge in [0.05, 0.1) is 6.04 Å². The number of nitrogens with zero attached hydrogens (tertiary/aromatic N) is 3. The van der Waals surface area contributed by atoms with Crippen LogP contribution in [0.4, 0.5) is 0 Å². The van der Waals surface area contributed by atoms with Crippen molar-refractivity contribution < 1.29 is 4.52 Å². The summed E-state index contributed by atoms with van der Waals surface area (Å²) in [5.41, 5.74) is 0.487. The zero-order valence-corrected chi connectivity index (χ0v) is 13.9. The second-order valence-corrected chi connectivity index (χ2v) is 7.58. The SMILES string of the molecule is CCC(c1noc(C2C(C)(C)C2(C)C)n1)N1CCNCC1. The van der Waals surface area contributed by atoms with Crippen molar-refractivity contribution in [3.05, 3.63) is 11.7 Å². The van der Waals surface area contributed by atoms with Gasteiger partial charge in [0.15, 0.2) is 5.82 Å². The predicted molar refractivity (Wildman–Crippen MR) is 82.1 cm³/mol. The lowest BCUT2D eigenvalue weighted by atomic mass is 10.0. The van der Waals surface area contributed by atoms with Gasteiger partial charge in [0, 0.05) is 32.1 Å². The summed E-state index contributed by atoms with van der Waals surface area (Å²) in [6, 6.07) is 0.287. The van der Waals surface area contributed by atoms with Crippen LogP contribution in [0.3, 0.4) is 0 Å². The maximum absolute atomic E-state index is 5.63. The van der Waals surface area contributed by atoms with Gasteiger partial charge in [-0.25, -0.2) is 0 Å². The van der Waals surface area contributed by atoms with Gasteiger partial charge in [0.2, 0.25) is 5.89 Å². The van der Waals surface area contributed by atoms with Crippen molar-refractivity contribution in [2.45, 2.75) is 53.0 Å². The largest absolute Gasteiger partial charge is 0.339 e. The number of rotatable bonds is 4. The number of hydrogen-bond acceptors (Lipinski definition) is 5. The molecule has 5 nitrogen and oxygen atoms in total. The molecule has 1 aromatic rings. The van der Waals surface area contributed by atoms with E-state index >= 15 is 0 Å². The van der Waals surface area contributed by atoms with Gasteiger partial charge in [0.1, 0.15) is 0 Å². The van der Waals surface area contributed by atoms with Gasteiger partial charge in [-0.3, -0.25) is 4.90 Å². The van der Waals surface area contributed by atoms with Crippen LogP contribution in [0.1, 0.15) is 64.7 Å². The highest BCUT2D eigenvalue weighted by atomic mass is 16.5. The normalized spacial score (nSPS) is 26.7. The molecule has 0 spiro atoms. The first kappa shape index (κ1) is 15.0. The molecule has 2 heterocycles. The average Bonchev–Trinajstić information content (AvgIpc) is 2.79. The monoisotopic (exact) mass is 292 g/mol. The topological polar surface area (TPSA) is 54.2 Å². The molecule has 118 valence electrons. The van der Waals surface area contributed by atoms with E-state index in [0.29, 0.717) is 5.92 Å². The molecule has 1 N–H and O–H groups in total. The molecular weight excluding hydrogens is 264 g/mol. The Labute approximate surface area is 127 Å². The molecule has 1 aliphatic carbocycles. The lowest BCUT2D eigenvalue weighted by Crippen LogP contribution is -2.45. The van der Waals surface area contributed by atoms with Crippen molar-refractivity contribution in [3.8, 4) is 0 Å². The molecule has 1 aliphatic heterocycles. The van der Waals surface area contributed by atoms with E-state index in [1.807, 2.05) is 0 Å². The van der Waals surface area contributed by atoms with Gasteiger partial charge in [-0.05, 0) is 17.3 Å². The number of nitrogens with one attached hydrogen (secondary N) is 1. The van der Waals surface area contributed by atoms with Crippen LogP contribution < -0.4 is 5.32 Å². The van der Waals surface area contributed by atoms with E-state index in [4.69, 9.17) is 9.51 Å². The molecule has 0 radical (unpaired) electrons. The van der Waals surface area contributed by atoms with E-state index < -0.39 is 0 Å². The number of aromatic nitrogens is 2. The van der Waals surface area contributed by atoms with E-state index in [1.54, 1.807) is 0 Å². The van der Waals surface area contributed by atoms with Gasteiger partial charge >= 0.3 is 0 Å². The highest BCUT2D eigenvalue weighted by Crippen LogP contribution is 2.73. The molecule has 2 aliphatic rings. The summed E-state index contributed by atoms with van der Waals surface area (Å²) in [6.45, 7) is 15.6. The first-order valence-corrected chi connectivity index (χ1v) is 8.18. The first-order chi connectivity index (χ1) is 9.89. The van der Waals surface area contributed by atoms with Gasteiger partial charge in [-0.15, -0.1) is 0 Å². The minimum atomic E-state index is 0.244. The molecule has 21 heavy (non-hydrogen) atoms. The maximum atomic E-state index is 5.63. The predicted octanol–water partition coefficient (Wildman–Crippen LogP) is 2.58. The third-order valence-corrected chi connectivity index (χ3v) is 6.00. The quantitative estimate of drug-likeness (QED) is 0.924. The molecule has 0 bridgehead atoms. The fourth-order valence-electron chi connectivity index (χ4n) is 3.91. The second kappa shape index (κ2) is 5.06. The van der Waals surface area contributed by atoms with Crippen molar-refractivity contribution in [2.75, 3.05) is 26.2 Å². The molecular formula is C16H28N4O. The summed E-state index contributed by atoms with van der Waals surface area (Å²) in [5.74, 6) is 2.08. The zero-order valence-electron chi connectivity index (χ0n) is 13.9. The lowest BCUT2D eigenvalue weighted by Gasteiger charge is -2.32. The zero-order chi connectivity index (χ0) is 15.3. The Morgan fingerprint density at radius 2 is 1.86 bits per heavy atom. The van der Waals surface area contributed by atoms with E-state index in [-0.39, 0.29) is 16.9 Å². The summed E-state index contributed by atoms with van der Waals surface area (Å²) >= 11 is 0. The molecule has 5 heteroatoms. The van der Waals surface area contributed by atoms with Crippen molar-refractivity contribution in [1.29, 1.82) is 0 Å². The van der Waals surface area contributed by atoms with Crippen LogP contribution in [0, 0.1) is 10.8 Å². The van der Waals surface area contributed by atoms with E-state index in [9.17, 15) is 0 Å². The van der Waals surface area contributed by atoms with E-state index in [1.165, 1.54) is 0 Å². The Bertz CT molecular complexity index is 488. The van der Waals surface area contributed by atoms with Gasteiger partial charge in [0.25, 0.3) is 0 Å². The van der Waals surface area contributed by atoms with Crippen molar-refractivity contribution in [3.63, 3.8) is 0 Å². The van der Waals surface area contributed by atoms with Gasteiger partial charge in [-0.2, -0.15) is 4.98 Å². The molecule has 1 unspecified atom stereocenters. The Kier molecular flexibility index (Phi) is 3.61. The Morgan fingerprint density at radius 1 is 1.24 bits per heavy atom. The van der Waals surface area contributed by atoms with E-state index in [0.717, 1.165) is 44.3 Å². The minimum Gasteiger partial charge on any atom is -0.339 e. The fraction of sp³-hybridized carbons (Fsp3) is 0.875. The van der Waals surface area contributed by atoms with Crippen molar-refractivity contribution in [1.82, 2.24) is 20.4 Å². The molecule has 1 saturated carbocycles. The molecule has 0 aromatic carbocycles. The van der Waals surface area contributed by atoms with Crippen LogP contribution in [0.2, 0.25) is 0 Å². The number of hydrogen-bond donors (Lipinski definition) is 1. The highest BCUT2D eigenvalue weighted by Gasteiger charge is 2.68. The molecule has 0 amide bonds. The van der Waals surface area contributed by atoms with Crippen LogP contribution in [0.5, 0.6) is 0 Å². The smallest absolute Gasteiger partial charge is 0.230 e. The molecule has 1 aromatic heterocycles. The van der Waals surface area contributed by atoms with Crippen LogP contribution >= 0.6 is 0 Å². The average molecular weight is 292 g/mol. The molecule has 3 rings (SSSR count). The summed E-state index contributed by atoms with van der Waals surface area (Å²) < 4.78 is 5.63. The first-order valence-electron chi connectivity index (χ1n) is 8.18. The summed E-state index contributed by atoms with van der Waals surface area (Å²) in [6.07, 6.45) is 1.02. The van der Waals surface area contributed by atoms with Gasteiger partial charge in [-0.1, -0.05) is 39.8 Å². The summed E-state index contributed by atoms with van der Waals surface area (Å²) in [5, 5.41) is 7.70. The Balaban J connectivity index is 1.78. The Hall–Kier alpha value is -0.940. The van der Waals surface area contributed by atoms with Crippen molar-refractivity contribution >= 4 is 0 Å².